The number of amides is 1. The van der Waals surface area contributed by atoms with E-state index in [2.05, 4.69) is 25.7 Å². The normalized spacial score (nSPS) is 10.9. The summed E-state index contributed by atoms with van der Waals surface area (Å²) in [6.45, 7) is 3.33. The van der Waals surface area contributed by atoms with Crippen LogP contribution in [0, 0.1) is 0 Å². The third kappa shape index (κ3) is 5.52. The van der Waals surface area contributed by atoms with Crippen molar-refractivity contribution in [2.75, 3.05) is 31.9 Å². The molecule has 0 aliphatic rings. The molecule has 2 aromatic heterocycles. The number of aromatic nitrogens is 5. The number of nitrogens with one attached hydrogen (secondary N) is 1. The third-order valence-corrected chi connectivity index (χ3v) is 5.83. The maximum Gasteiger partial charge on any atom is 0.236 e. The highest BCUT2D eigenvalue weighted by molar-refractivity contribution is 7.99. The molecule has 9 nitrogen and oxygen atoms in total. The van der Waals surface area contributed by atoms with Crippen LogP contribution < -0.4 is 10.1 Å². The number of ether oxygens (including phenoxy) is 2. The van der Waals surface area contributed by atoms with Gasteiger partial charge in [-0.2, -0.15) is 0 Å². The molecule has 0 aliphatic carbocycles. The molecule has 154 valence electrons. The molecule has 0 radical (unpaired) electrons. The van der Waals surface area contributed by atoms with Gasteiger partial charge in [0.2, 0.25) is 11.0 Å². The van der Waals surface area contributed by atoms with Crippen molar-refractivity contribution in [1.82, 2.24) is 25.0 Å². The first-order valence-corrected chi connectivity index (χ1v) is 10.8. The van der Waals surface area contributed by atoms with Crippen molar-refractivity contribution < 1.29 is 14.3 Å². The zero-order valence-corrected chi connectivity index (χ0v) is 18.0. The number of nitrogens with zero attached hydrogens (tertiary/aromatic N) is 5. The van der Waals surface area contributed by atoms with Crippen molar-refractivity contribution in [2.45, 2.75) is 25.0 Å². The summed E-state index contributed by atoms with van der Waals surface area (Å²) < 4.78 is 12.2. The van der Waals surface area contributed by atoms with E-state index in [1.807, 2.05) is 35.8 Å². The van der Waals surface area contributed by atoms with Crippen LogP contribution in [-0.4, -0.2) is 57.4 Å². The zero-order valence-electron chi connectivity index (χ0n) is 16.4. The van der Waals surface area contributed by atoms with Gasteiger partial charge >= 0.3 is 0 Å². The van der Waals surface area contributed by atoms with Crippen LogP contribution in [0.5, 0.6) is 5.75 Å². The van der Waals surface area contributed by atoms with Crippen molar-refractivity contribution in [3.63, 3.8) is 0 Å². The number of carbonyl (C=O) groups is 1. The molecule has 2 heterocycles. The Morgan fingerprint density at radius 3 is 2.66 bits per heavy atom. The Bertz CT molecular complexity index is 941. The van der Waals surface area contributed by atoms with Crippen LogP contribution >= 0.6 is 23.1 Å². The van der Waals surface area contributed by atoms with Gasteiger partial charge in [0, 0.05) is 25.6 Å². The minimum atomic E-state index is -0.170. The minimum Gasteiger partial charge on any atom is -0.497 e. The molecule has 0 atom stereocenters. The van der Waals surface area contributed by atoms with E-state index >= 15 is 0 Å². The second-order valence-corrected chi connectivity index (χ2v) is 7.78. The van der Waals surface area contributed by atoms with Crippen LogP contribution in [0.1, 0.15) is 12.7 Å². The number of carbonyl (C=O) groups excluding carboxylic acids is 1. The molecule has 0 spiro atoms. The van der Waals surface area contributed by atoms with Gasteiger partial charge in [0.25, 0.3) is 0 Å². The van der Waals surface area contributed by atoms with Crippen molar-refractivity contribution in [3.05, 3.63) is 30.1 Å². The van der Waals surface area contributed by atoms with Crippen LogP contribution in [0.2, 0.25) is 0 Å². The predicted molar refractivity (Wildman–Crippen MR) is 113 cm³/mol. The van der Waals surface area contributed by atoms with E-state index in [9.17, 15) is 4.79 Å². The molecule has 1 amide bonds. The first-order chi connectivity index (χ1) is 14.1. The molecule has 11 heteroatoms. The lowest BCUT2D eigenvalue weighted by Gasteiger charge is -2.06. The molecule has 1 N–H and O–H groups in total. The average molecular weight is 435 g/mol. The number of methoxy groups -OCH3 is 2. The summed E-state index contributed by atoms with van der Waals surface area (Å²) >= 11 is 2.66. The Balaban J connectivity index is 1.56. The van der Waals surface area contributed by atoms with E-state index in [4.69, 9.17) is 9.47 Å². The van der Waals surface area contributed by atoms with Crippen molar-refractivity contribution in [3.8, 4) is 16.3 Å². The van der Waals surface area contributed by atoms with Gasteiger partial charge in [0.05, 0.1) is 19.5 Å². The summed E-state index contributed by atoms with van der Waals surface area (Å²) in [5.74, 6) is 1.66. The summed E-state index contributed by atoms with van der Waals surface area (Å²) in [4.78, 5) is 12.3. The number of hydrogen-bond acceptors (Lipinski definition) is 9. The number of rotatable bonds is 10. The molecule has 0 unspecified atom stereocenters. The monoisotopic (exact) mass is 434 g/mol. The second-order valence-electron chi connectivity index (χ2n) is 5.86. The molecule has 29 heavy (non-hydrogen) atoms. The highest BCUT2D eigenvalue weighted by Crippen LogP contribution is 2.28. The van der Waals surface area contributed by atoms with Crippen LogP contribution in [-0.2, 0) is 22.5 Å². The summed E-state index contributed by atoms with van der Waals surface area (Å²) in [7, 11) is 3.27. The quantitative estimate of drug-likeness (QED) is 0.486. The van der Waals surface area contributed by atoms with Gasteiger partial charge in [0.1, 0.15) is 16.6 Å². The highest BCUT2D eigenvalue weighted by Gasteiger charge is 2.14. The van der Waals surface area contributed by atoms with E-state index in [1.165, 1.54) is 23.1 Å². The van der Waals surface area contributed by atoms with Crippen molar-refractivity contribution in [1.29, 1.82) is 0 Å². The zero-order chi connectivity index (χ0) is 20.6. The average Bonchev–Trinajstić information content (AvgIpc) is 3.37. The summed E-state index contributed by atoms with van der Waals surface area (Å²) in [6.07, 6.45) is 0.684. The lowest BCUT2D eigenvalue weighted by molar-refractivity contribution is -0.113. The summed E-state index contributed by atoms with van der Waals surface area (Å²) in [5.41, 5.74) is 0.915. The number of benzene rings is 1. The largest absolute Gasteiger partial charge is 0.497 e. The molecule has 0 saturated carbocycles. The number of thioether (sulfide) groups is 1. The van der Waals surface area contributed by atoms with E-state index in [0.717, 1.165) is 28.7 Å². The standard InChI is InChI=1S/C18H22N6O3S2/c1-4-24-14(9-10-26-2)20-23-18(24)28-11-15(25)19-17-22-21-16(29-17)12-5-7-13(27-3)8-6-12/h5-8H,4,9-11H2,1-3H3,(H,19,22,25). The van der Waals surface area contributed by atoms with Crippen molar-refractivity contribution >= 4 is 34.1 Å². The number of anilines is 1. The fourth-order valence-electron chi connectivity index (χ4n) is 2.53. The van der Waals surface area contributed by atoms with Crippen LogP contribution in [0.3, 0.4) is 0 Å². The lowest BCUT2D eigenvalue weighted by atomic mass is 10.2. The molecule has 0 bridgehead atoms. The van der Waals surface area contributed by atoms with E-state index in [1.54, 1.807) is 14.2 Å². The minimum absolute atomic E-state index is 0.170. The first kappa shape index (κ1) is 21.2. The van der Waals surface area contributed by atoms with E-state index in [-0.39, 0.29) is 11.7 Å². The van der Waals surface area contributed by atoms with Crippen LogP contribution in [0.15, 0.2) is 29.4 Å². The third-order valence-electron chi connectivity index (χ3n) is 3.98. The molecule has 3 aromatic rings. The molecular formula is C18H22N6O3S2. The Labute approximate surface area is 176 Å². The molecular weight excluding hydrogens is 412 g/mol. The second kappa shape index (κ2) is 10.3. The maximum atomic E-state index is 12.3. The topological polar surface area (TPSA) is 104 Å². The SMILES string of the molecule is CCn1c(CCOC)nnc1SCC(=O)Nc1nnc(-c2ccc(OC)cc2)s1. The van der Waals surface area contributed by atoms with Gasteiger partial charge in [-0.3, -0.25) is 10.1 Å². The predicted octanol–water partition coefficient (Wildman–Crippen LogP) is 2.74. The maximum absolute atomic E-state index is 12.3. The molecule has 0 fully saturated rings. The van der Waals surface area contributed by atoms with Gasteiger partial charge < -0.3 is 14.0 Å². The Kier molecular flexibility index (Phi) is 7.55. The Morgan fingerprint density at radius 1 is 1.17 bits per heavy atom. The highest BCUT2D eigenvalue weighted by atomic mass is 32.2. The van der Waals surface area contributed by atoms with Gasteiger partial charge in [-0.25, -0.2) is 0 Å². The van der Waals surface area contributed by atoms with Gasteiger partial charge in [0.15, 0.2) is 5.16 Å². The summed E-state index contributed by atoms with van der Waals surface area (Å²) in [6, 6.07) is 7.52. The fourth-order valence-corrected chi connectivity index (χ4v) is 4.12. The molecule has 0 aliphatic heterocycles. The Hall–Kier alpha value is -2.50. The molecule has 3 rings (SSSR count). The van der Waals surface area contributed by atoms with Gasteiger partial charge in [-0.05, 0) is 31.2 Å². The first-order valence-electron chi connectivity index (χ1n) is 8.96. The van der Waals surface area contributed by atoms with Crippen molar-refractivity contribution in [2.24, 2.45) is 0 Å². The number of hydrogen-bond donors (Lipinski definition) is 1. The summed E-state index contributed by atoms with van der Waals surface area (Å²) in [5, 5.41) is 21.2. The Morgan fingerprint density at radius 2 is 1.97 bits per heavy atom. The van der Waals surface area contributed by atoms with Crippen LogP contribution in [0.4, 0.5) is 5.13 Å². The van der Waals surface area contributed by atoms with E-state index < -0.39 is 0 Å². The molecule has 1 aromatic carbocycles. The van der Waals surface area contributed by atoms with Crippen LogP contribution in [0.25, 0.3) is 10.6 Å². The molecule has 0 saturated heterocycles. The lowest BCUT2D eigenvalue weighted by Crippen LogP contribution is -2.14. The van der Waals surface area contributed by atoms with Gasteiger partial charge in [-0.1, -0.05) is 23.1 Å². The van der Waals surface area contributed by atoms with Gasteiger partial charge in [-0.15, -0.1) is 20.4 Å². The van der Waals surface area contributed by atoms with E-state index in [0.29, 0.717) is 23.3 Å². The smallest absolute Gasteiger partial charge is 0.236 e. The fraction of sp³-hybridized carbons (Fsp3) is 0.389.